The summed E-state index contributed by atoms with van der Waals surface area (Å²) in [7, 11) is -4.20. The number of halogens is 3. The number of carbonyl (C=O) groups excluding carboxylic acids is 2. The van der Waals surface area contributed by atoms with Gasteiger partial charge >= 0.3 is 0 Å². The van der Waals surface area contributed by atoms with E-state index in [9.17, 15) is 18.0 Å². The van der Waals surface area contributed by atoms with Gasteiger partial charge < -0.3 is 10.2 Å². The monoisotopic (exact) mass is 677 g/mol. The molecule has 2 amide bonds. The molecule has 1 fully saturated rings. The maximum Gasteiger partial charge on any atom is 0.264 e. The molecule has 236 valence electrons. The van der Waals surface area contributed by atoms with E-state index in [4.69, 9.17) is 34.8 Å². The summed E-state index contributed by atoms with van der Waals surface area (Å²) in [5.41, 5.74) is 2.38. The Morgan fingerprint density at radius 1 is 0.909 bits per heavy atom. The lowest BCUT2D eigenvalue weighted by molar-refractivity contribution is -0.140. The number of amides is 2. The minimum atomic E-state index is -4.20. The number of aryl methyl sites for hydroxylation is 2. The molecule has 3 aromatic carbocycles. The number of nitrogens with zero attached hydrogens (tertiary/aromatic N) is 2. The fraction of sp³-hybridized carbons (Fsp3) is 0.394. The van der Waals surface area contributed by atoms with Gasteiger partial charge in [0, 0.05) is 27.7 Å². The maximum absolute atomic E-state index is 14.4. The van der Waals surface area contributed by atoms with Crippen LogP contribution in [-0.2, 0) is 26.2 Å². The van der Waals surface area contributed by atoms with E-state index in [0.29, 0.717) is 38.3 Å². The molecule has 7 nitrogen and oxygen atoms in total. The Morgan fingerprint density at radius 2 is 1.55 bits per heavy atom. The fourth-order valence-corrected chi connectivity index (χ4v) is 7.72. The highest BCUT2D eigenvalue weighted by molar-refractivity contribution is 7.92. The number of rotatable bonds is 11. The van der Waals surface area contributed by atoms with Crippen LogP contribution in [0.5, 0.6) is 0 Å². The molecule has 0 saturated heterocycles. The average Bonchev–Trinajstić information content (AvgIpc) is 2.98. The van der Waals surface area contributed by atoms with Crippen molar-refractivity contribution >= 4 is 62.3 Å². The molecule has 0 heterocycles. The normalized spacial score (nSPS) is 14.6. The van der Waals surface area contributed by atoms with Crippen LogP contribution < -0.4 is 9.62 Å². The molecule has 44 heavy (non-hydrogen) atoms. The van der Waals surface area contributed by atoms with Crippen molar-refractivity contribution in [1.29, 1.82) is 0 Å². The first-order valence-corrected chi connectivity index (χ1v) is 17.4. The first-order valence-electron chi connectivity index (χ1n) is 14.8. The van der Waals surface area contributed by atoms with Gasteiger partial charge in [0.1, 0.15) is 12.6 Å². The van der Waals surface area contributed by atoms with Gasteiger partial charge in [-0.3, -0.25) is 13.9 Å². The molecule has 1 saturated carbocycles. The molecule has 11 heteroatoms. The van der Waals surface area contributed by atoms with Crippen LogP contribution in [-0.4, -0.2) is 43.8 Å². The molecule has 1 unspecified atom stereocenters. The zero-order valence-electron chi connectivity index (χ0n) is 25.2. The number of hydrogen-bond donors (Lipinski definition) is 1. The van der Waals surface area contributed by atoms with Crippen LogP contribution in [0.15, 0.2) is 65.6 Å². The second kappa shape index (κ2) is 15.0. The van der Waals surface area contributed by atoms with Gasteiger partial charge in [-0.1, -0.05) is 84.8 Å². The van der Waals surface area contributed by atoms with Gasteiger partial charge in [-0.2, -0.15) is 0 Å². The van der Waals surface area contributed by atoms with Crippen molar-refractivity contribution < 1.29 is 18.0 Å². The van der Waals surface area contributed by atoms with Crippen LogP contribution in [0.4, 0.5) is 5.69 Å². The molecule has 0 aromatic heterocycles. The van der Waals surface area contributed by atoms with Crippen molar-refractivity contribution in [3.63, 3.8) is 0 Å². The molecule has 3 aromatic rings. The Labute approximate surface area is 275 Å². The van der Waals surface area contributed by atoms with Crippen molar-refractivity contribution in [1.82, 2.24) is 10.2 Å². The molecule has 0 spiro atoms. The summed E-state index contributed by atoms with van der Waals surface area (Å²) in [6.45, 7) is 4.88. The van der Waals surface area contributed by atoms with E-state index in [1.165, 1.54) is 17.0 Å². The van der Waals surface area contributed by atoms with Crippen LogP contribution in [0.2, 0.25) is 15.1 Å². The number of hydrogen-bond acceptors (Lipinski definition) is 4. The molecule has 1 aliphatic rings. The maximum atomic E-state index is 14.4. The first kappa shape index (κ1) is 34.1. The number of anilines is 1. The van der Waals surface area contributed by atoms with Gasteiger partial charge in [-0.15, -0.1) is 0 Å². The summed E-state index contributed by atoms with van der Waals surface area (Å²) in [6.07, 6.45) is 5.31. The van der Waals surface area contributed by atoms with Crippen molar-refractivity contribution in [2.45, 2.75) is 82.8 Å². The second-order valence-electron chi connectivity index (χ2n) is 11.3. The summed E-state index contributed by atoms with van der Waals surface area (Å²) in [6, 6.07) is 15.4. The van der Waals surface area contributed by atoms with Crippen molar-refractivity contribution in [3.05, 3.63) is 92.4 Å². The van der Waals surface area contributed by atoms with E-state index in [1.54, 1.807) is 55.5 Å². The van der Waals surface area contributed by atoms with Gasteiger partial charge in [0.05, 0.1) is 10.6 Å². The molecule has 0 aliphatic heterocycles. The molecule has 1 aliphatic carbocycles. The lowest BCUT2D eigenvalue weighted by Crippen LogP contribution is -2.54. The van der Waals surface area contributed by atoms with E-state index < -0.39 is 28.5 Å². The van der Waals surface area contributed by atoms with Crippen LogP contribution in [0, 0.1) is 13.8 Å². The third-order valence-electron chi connectivity index (χ3n) is 8.01. The largest absolute Gasteiger partial charge is 0.352 e. The van der Waals surface area contributed by atoms with Crippen molar-refractivity contribution in [3.8, 4) is 0 Å². The standard InChI is InChI=1S/C33H38Cl3N3O4S/c1-4-30(33(41)37-27-8-6-5-7-9-27)38(20-24-12-13-26(35)19-29(24)36)32(40)21-39(31-17-14-25(34)18-23(31)3)44(42,43)28-15-10-22(2)11-16-28/h10-19,27,30H,4-9,20-21H2,1-3H3,(H,37,41). The highest BCUT2D eigenvalue weighted by atomic mass is 35.5. The molecule has 0 bridgehead atoms. The van der Waals surface area contributed by atoms with Gasteiger partial charge in [0.15, 0.2) is 0 Å². The first-order chi connectivity index (χ1) is 20.9. The lowest BCUT2D eigenvalue weighted by atomic mass is 9.95. The fourth-order valence-electron chi connectivity index (χ4n) is 5.55. The van der Waals surface area contributed by atoms with E-state index in [-0.39, 0.29) is 23.4 Å². The SMILES string of the molecule is CCC(C(=O)NC1CCCCC1)N(Cc1ccc(Cl)cc1Cl)C(=O)CN(c1ccc(Cl)cc1C)S(=O)(=O)c1ccc(C)cc1. The van der Waals surface area contributed by atoms with Crippen molar-refractivity contribution in [2.24, 2.45) is 0 Å². The van der Waals surface area contributed by atoms with Gasteiger partial charge in [0.2, 0.25) is 11.8 Å². The molecule has 0 radical (unpaired) electrons. The topological polar surface area (TPSA) is 86.8 Å². The van der Waals surface area contributed by atoms with Gasteiger partial charge in [-0.25, -0.2) is 8.42 Å². The Balaban J connectivity index is 1.75. The average molecular weight is 679 g/mol. The smallest absolute Gasteiger partial charge is 0.264 e. The van der Waals surface area contributed by atoms with Gasteiger partial charge in [0.25, 0.3) is 10.0 Å². The summed E-state index contributed by atoms with van der Waals surface area (Å²) < 4.78 is 29.4. The van der Waals surface area contributed by atoms with E-state index in [0.717, 1.165) is 42.0 Å². The molecule has 4 rings (SSSR count). The zero-order valence-corrected chi connectivity index (χ0v) is 28.2. The summed E-state index contributed by atoms with van der Waals surface area (Å²) >= 11 is 18.9. The minimum Gasteiger partial charge on any atom is -0.352 e. The molecular formula is C33H38Cl3N3O4S. The minimum absolute atomic E-state index is 0.0105. The zero-order chi connectivity index (χ0) is 32.0. The predicted octanol–water partition coefficient (Wildman–Crippen LogP) is 7.72. The quantitative estimate of drug-likeness (QED) is 0.225. The number of nitrogens with one attached hydrogen (secondary N) is 1. The summed E-state index contributed by atoms with van der Waals surface area (Å²) in [5.74, 6) is -0.819. The van der Waals surface area contributed by atoms with E-state index in [2.05, 4.69) is 5.32 Å². The second-order valence-corrected chi connectivity index (χ2v) is 14.4. The highest BCUT2D eigenvalue weighted by Crippen LogP contribution is 2.30. The Kier molecular flexibility index (Phi) is 11.6. The van der Waals surface area contributed by atoms with Crippen molar-refractivity contribution in [2.75, 3.05) is 10.8 Å². The Morgan fingerprint density at radius 3 is 2.16 bits per heavy atom. The van der Waals surface area contributed by atoms with Crippen LogP contribution in [0.1, 0.15) is 62.1 Å². The third kappa shape index (κ3) is 8.27. The molecular weight excluding hydrogens is 641 g/mol. The van der Waals surface area contributed by atoms with E-state index >= 15 is 0 Å². The number of benzene rings is 3. The lowest BCUT2D eigenvalue weighted by Gasteiger charge is -2.35. The van der Waals surface area contributed by atoms with E-state index in [1.807, 2.05) is 13.8 Å². The Hall–Kier alpha value is -2.78. The molecule has 1 N–H and O–H groups in total. The summed E-state index contributed by atoms with van der Waals surface area (Å²) in [4.78, 5) is 29.5. The summed E-state index contributed by atoms with van der Waals surface area (Å²) in [5, 5.41) is 4.36. The van der Waals surface area contributed by atoms with Crippen LogP contribution in [0.25, 0.3) is 0 Å². The molecule has 1 atom stereocenters. The van der Waals surface area contributed by atoms with Gasteiger partial charge in [-0.05, 0) is 86.7 Å². The highest BCUT2D eigenvalue weighted by Gasteiger charge is 2.35. The number of carbonyl (C=O) groups is 2. The Bertz CT molecular complexity index is 1590. The van der Waals surface area contributed by atoms with Crippen LogP contribution >= 0.6 is 34.8 Å². The van der Waals surface area contributed by atoms with Crippen LogP contribution in [0.3, 0.4) is 0 Å². The predicted molar refractivity (Wildman–Crippen MR) is 178 cm³/mol. The third-order valence-corrected chi connectivity index (χ3v) is 10.6. The number of sulfonamides is 1.